The highest BCUT2D eigenvalue weighted by Gasteiger charge is 2.11. The summed E-state index contributed by atoms with van der Waals surface area (Å²) in [6.07, 6.45) is 0.504. The summed E-state index contributed by atoms with van der Waals surface area (Å²) < 4.78 is 6.67. The minimum Gasteiger partial charge on any atom is -0.439 e. The third-order valence-electron chi connectivity index (χ3n) is 4.13. The predicted molar refractivity (Wildman–Crippen MR) is 115 cm³/mol. The summed E-state index contributed by atoms with van der Waals surface area (Å²) >= 11 is 15.5. The third-order valence-corrected chi connectivity index (χ3v) is 5.15. The minimum atomic E-state index is -0.161. The van der Waals surface area contributed by atoms with Crippen molar-refractivity contribution >= 4 is 61.8 Å². The summed E-state index contributed by atoms with van der Waals surface area (Å²) in [6.45, 7) is 0. The first-order chi connectivity index (χ1) is 13.5. The van der Waals surface area contributed by atoms with Gasteiger partial charge in [-0.1, -0.05) is 51.3 Å². The Labute approximate surface area is 179 Å². The predicted octanol–water partition coefficient (Wildman–Crippen LogP) is 6.74. The number of hydrogen-bond donors (Lipinski definition) is 1. The first kappa shape index (κ1) is 19.0. The maximum atomic E-state index is 12.3. The first-order valence-corrected chi connectivity index (χ1v) is 9.93. The lowest BCUT2D eigenvalue weighted by Gasteiger charge is -2.06. The van der Waals surface area contributed by atoms with Crippen LogP contribution in [0.25, 0.3) is 11.1 Å². The van der Waals surface area contributed by atoms with Crippen LogP contribution in [0.5, 0.6) is 0 Å². The SMILES string of the molecule is O=C(Nc1ccc(Cc2nc3cc(Cl)cc(Cl)c3o2)cc1)c1ccc(Br)cc1. The van der Waals surface area contributed by atoms with E-state index in [-0.39, 0.29) is 5.91 Å². The van der Waals surface area contributed by atoms with Gasteiger partial charge >= 0.3 is 0 Å². The Balaban J connectivity index is 1.47. The molecule has 1 amide bonds. The number of carbonyl (C=O) groups excluding carboxylic acids is 1. The molecule has 0 atom stereocenters. The van der Waals surface area contributed by atoms with Gasteiger partial charge in [-0.25, -0.2) is 4.98 Å². The number of nitrogens with zero attached hydrogens (tertiary/aromatic N) is 1. The van der Waals surface area contributed by atoms with Crippen LogP contribution in [0, 0.1) is 0 Å². The van der Waals surface area contributed by atoms with Gasteiger partial charge in [-0.3, -0.25) is 4.79 Å². The lowest BCUT2D eigenvalue weighted by Crippen LogP contribution is -2.11. The number of anilines is 1. The van der Waals surface area contributed by atoms with Gasteiger partial charge in [0.2, 0.25) is 0 Å². The van der Waals surface area contributed by atoms with Gasteiger partial charge in [0.1, 0.15) is 5.52 Å². The van der Waals surface area contributed by atoms with Crippen molar-refractivity contribution in [2.45, 2.75) is 6.42 Å². The average Bonchev–Trinajstić information content (AvgIpc) is 3.06. The fourth-order valence-corrected chi connectivity index (χ4v) is 3.55. The molecule has 1 N–H and O–H groups in total. The maximum Gasteiger partial charge on any atom is 0.255 e. The van der Waals surface area contributed by atoms with Crippen LogP contribution in [0.1, 0.15) is 21.8 Å². The molecule has 0 aliphatic heterocycles. The first-order valence-electron chi connectivity index (χ1n) is 8.38. The molecule has 0 saturated heterocycles. The highest BCUT2D eigenvalue weighted by molar-refractivity contribution is 9.10. The second kappa shape index (κ2) is 7.95. The molecule has 3 aromatic carbocycles. The Kier molecular flexibility index (Phi) is 5.40. The quantitative estimate of drug-likeness (QED) is 0.355. The van der Waals surface area contributed by atoms with E-state index in [4.69, 9.17) is 27.6 Å². The van der Waals surface area contributed by atoms with Crippen LogP contribution in [0.15, 0.2) is 69.6 Å². The number of oxazole rings is 1. The van der Waals surface area contributed by atoms with Crippen LogP contribution in [0.2, 0.25) is 10.0 Å². The lowest BCUT2D eigenvalue weighted by molar-refractivity contribution is 0.102. The van der Waals surface area contributed by atoms with Gasteiger partial charge in [0.15, 0.2) is 11.5 Å². The summed E-state index contributed by atoms with van der Waals surface area (Å²) in [4.78, 5) is 16.7. The van der Waals surface area contributed by atoms with E-state index in [1.54, 1.807) is 24.3 Å². The standard InChI is InChI=1S/C21H13BrCl2N2O2/c22-14-5-3-13(4-6-14)21(27)25-16-7-1-12(2-8-16)9-19-26-18-11-15(23)10-17(24)20(18)28-19/h1-8,10-11H,9H2,(H,25,27). The average molecular weight is 476 g/mol. The number of aromatic nitrogens is 1. The van der Waals surface area contributed by atoms with E-state index in [9.17, 15) is 4.79 Å². The second-order valence-electron chi connectivity index (χ2n) is 6.18. The van der Waals surface area contributed by atoms with E-state index >= 15 is 0 Å². The molecule has 4 rings (SSSR count). The lowest BCUT2D eigenvalue weighted by atomic mass is 10.1. The number of amides is 1. The molecule has 0 bridgehead atoms. The molecule has 7 heteroatoms. The van der Waals surface area contributed by atoms with Crippen LogP contribution in [-0.2, 0) is 6.42 Å². The largest absolute Gasteiger partial charge is 0.439 e. The topological polar surface area (TPSA) is 55.1 Å². The Hall–Kier alpha value is -2.34. The monoisotopic (exact) mass is 474 g/mol. The van der Waals surface area contributed by atoms with E-state index in [2.05, 4.69) is 26.2 Å². The molecule has 4 aromatic rings. The van der Waals surface area contributed by atoms with Crippen molar-refractivity contribution in [1.82, 2.24) is 4.98 Å². The van der Waals surface area contributed by atoms with Crippen LogP contribution in [0.4, 0.5) is 5.69 Å². The molecule has 0 aliphatic carbocycles. The highest BCUT2D eigenvalue weighted by Crippen LogP contribution is 2.29. The molecule has 0 radical (unpaired) electrons. The van der Waals surface area contributed by atoms with Crippen molar-refractivity contribution < 1.29 is 9.21 Å². The zero-order chi connectivity index (χ0) is 19.7. The van der Waals surface area contributed by atoms with Crippen LogP contribution < -0.4 is 5.32 Å². The molecule has 4 nitrogen and oxygen atoms in total. The van der Waals surface area contributed by atoms with Crippen molar-refractivity contribution in [2.24, 2.45) is 0 Å². The summed E-state index contributed by atoms with van der Waals surface area (Å²) in [6, 6.07) is 18.1. The molecule has 140 valence electrons. The van der Waals surface area contributed by atoms with Gasteiger partial charge in [0.25, 0.3) is 5.91 Å². The molecular weight excluding hydrogens is 463 g/mol. The van der Waals surface area contributed by atoms with E-state index in [1.165, 1.54) is 0 Å². The third kappa shape index (κ3) is 4.22. The van der Waals surface area contributed by atoms with E-state index in [0.717, 1.165) is 10.0 Å². The maximum absolute atomic E-state index is 12.3. The van der Waals surface area contributed by atoms with Crippen molar-refractivity contribution in [3.63, 3.8) is 0 Å². The van der Waals surface area contributed by atoms with Gasteiger partial charge in [0, 0.05) is 27.2 Å². The fourth-order valence-electron chi connectivity index (χ4n) is 2.77. The van der Waals surface area contributed by atoms with Gasteiger partial charge < -0.3 is 9.73 Å². The Morgan fingerprint density at radius 2 is 1.75 bits per heavy atom. The summed E-state index contributed by atoms with van der Waals surface area (Å²) in [5, 5.41) is 3.83. The molecule has 0 spiro atoms. The van der Waals surface area contributed by atoms with Crippen LogP contribution in [-0.4, -0.2) is 10.9 Å². The van der Waals surface area contributed by atoms with E-state index in [1.807, 2.05) is 36.4 Å². The summed E-state index contributed by atoms with van der Waals surface area (Å²) in [5.41, 5.74) is 3.46. The summed E-state index contributed by atoms with van der Waals surface area (Å²) in [7, 11) is 0. The number of fused-ring (bicyclic) bond motifs is 1. The van der Waals surface area contributed by atoms with Gasteiger partial charge in [0.05, 0.1) is 5.02 Å². The molecule has 0 saturated carbocycles. The Morgan fingerprint density at radius 3 is 2.46 bits per heavy atom. The van der Waals surface area contributed by atoms with Crippen molar-refractivity contribution in [3.8, 4) is 0 Å². The molecular formula is C21H13BrCl2N2O2. The number of rotatable bonds is 4. The molecule has 0 unspecified atom stereocenters. The molecule has 0 aliphatic rings. The zero-order valence-corrected chi connectivity index (χ0v) is 17.5. The van der Waals surface area contributed by atoms with Gasteiger partial charge in [-0.15, -0.1) is 0 Å². The molecule has 1 heterocycles. The van der Waals surface area contributed by atoms with E-state index in [0.29, 0.717) is 44.7 Å². The van der Waals surface area contributed by atoms with Gasteiger partial charge in [-0.05, 0) is 54.1 Å². The van der Waals surface area contributed by atoms with Crippen LogP contribution in [0.3, 0.4) is 0 Å². The summed E-state index contributed by atoms with van der Waals surface area (Å²) in [5.74, 6) is 0.386. The normalized spacial score (nSPS) is 11.0. The Morgan fingerprint density at radius 1 is 1.04 bits per heavy atom. The molecule has 0 fully saturated rings. The number of benzene rings is 3. The smallest absolute Gasteiger partial charge is 0.255 e. The minimum absolute atomic E-state index is 0.161. The highest BCUT2D eigenvalue weighted by atomic mass is 79.9. The van der Waals surface area contributed by atoms with Crippen molar-refractivity contribution in [2.75, 3.05) is 5.32 Å². The van der Waals surface area contributed by atoms with E-state index < -0.39 is 0 Å². The fraction of sp³-hybridized carbons (Fsp3) is 0.0476. The molecule has 1 aromatic heterocycles. The van der Waals surface area contributed by atoms with Crippen molar-refractivity contribution in [1.29, 1.82) is 0 Å². The number of hydrogen-bond acceptors (Lipinski definition) is 3. The van der Waals surface area contributed by atoms with Crippen molar-refractivity contribution in [3.05, 3.63) is 92.2 Å². The Bertz CT molecular complexity index is 1160. The number of carbonyl (C=O) groups is 1. The number of nitrogens with one attached hydrogen (secondary N) is 1. The van der Waals surface area contributed by atoms with Crippen LogP contribution >= 0.6 is 39.1 Å². The molecule has 28 heavy (non-hydrogen) atoms. The zero-order valence-electron chi connectivity index (χ0n) is 14.4. The van der Waals surface area contributed by atoms with Gasteiger partial charge in [-0.2, -0.15) is 0 Å². The second-order valence-corrected chi connectivity index (χ2v) is 7.94. The number of halogens is 3.